The van der Waals surface area contributed by atoms with E-state index < -0.39 is 5.25 Å². The summed E-state index contributed by atoms with van der Waals surface area (Å²) in [6, 6.07) is 14.4. The number of nitrogens with zero attached hydrogens (tertiary/aromatic N) is 2. The summed E-state index contributed by atoms with van der Waals surface area (Å²) in [5.41, 5.74) is 1.19. The summed E-state index contributed by atoms with van der Waals surface area (Å²) in [5, 5.41) is 3.55. The molecule has 0 unspecified atom stereocenters. The molecule has 0 bridgehead atoms. The van der Waals surface area contributed by atoms with Crippen LogP contribution in [0, 0.1) is 0 Å². The van der Waals surface area contributed by atoms with Gasteiger partial charge >= 0.3 is 0 Å². The van der Waals surface area contributed by atoms with Crippen molar-refractivity contribution in [2.45, 2.75) is 37.2 Å². The summed E-state index contributed by atoms with van der Waals surface area (Å²) in [7, 11) is 1.58. The minimum absolute atomic E-state index is 0.0687. The molecular weight excluding hydrogens is 374 g/mol. The number of fused-ring (bicyclic) bond motifs is 1. The summed E-state index contributed by atoms with van der Waals surface area (Å²) in [4.78, 5) is 30.2. The maximum atomic E-state index is 12.9. The number of hydrogen-bond donors (Lipinski definition) is 1. The van der Waals surface area contributed by atoms with Gasteiger partial charge in [0.2, 0.25) is 5.91 Å². The van der Waals surface area contributed by atoms with Gasteiger partial charge < -0.3 is 10.1 Å². The molecule has 6 nitrogen and oxygen atoms in total. The Labute approximate surface area is 167 Å². The lowest BCUT2D eigenvalue weighted by molar-refractivity contribution is -0.115. The van der Waals surface area contributed by atoms with Gasteiger partial charge in [0.05, 0.1) is 23.3 Å². The van der Waals surface area contributed by atoms with Gasteiger partial charge in [-0.25, -0.2) is 4.98 Å². The van der Waals surface area contributed by atoms with Crippen LogP contribution in [0.15, 0.2) is 58.5 Å². The van der Waals surface area contributed by atoms with Gasteiger partial charge in [0.25, 0.3) is 5.56 Å². The maximum absolute atomic E-state index is 12.9. The predicted molar refractivity (Wildman–Crippen MR) is 113 cm³/mol. The van der Waals surface area contributed by atoms with Crippen LogP contribution in [0.3, 0.4) is 0 Å². The Balaban J connectivity index is 1.87. The van der Waals surface area contributed by atoms with Crippen molar-refractivity contribution in [3.63, 3.8) is 0 Å². The second-order valence-corrected chi connectivity index (χ2v) is 7.97. The minimum atomic E-state index is -0.440. The molecule has 0 saturated carbocycles. The largest absolute Gasteiger partial charge is 0.497 e. The normalized spacial score (nSPS) is 12.2. The van der Waals surface area contributed by atoms with Crippen molar-refractivity contribution in [2.75, 3.05) is 12.4 Å². The average Bonchev–Trinajstić information content (AvgIpc) is 2.68. The van der Waals surface area contributed by atoms with Gasteiger partial charge in [-0.15, -0.1) is 0 Å². The molecule has 1 amide bonds. The molecule has 1 atom stereocenters. The Hall–Kier alpha value is -2.80. The number of thioether (sulfide) groups is 1. The first kappa shape index (κ1) is 19.9. The zero-order valence-corrected chi connectivity index (χ0v) is 17.1. The van der Waals surface area contributed by atoms with E-state index in [9.17, 15) is 9.59 Å². The highest BCUT2D eigenvalue weighted by molar-refractivity contribution is 8.00. The van der Waals surface area contributed by atoms with E-state index in [4.69, 9.17) is 4.74 Å². The minimum Gasteiger partial charge on any atom is -0.497 e. The van der Waals surface area contributed by atoms with Crippen molar-refractivity contribution in [1.82, 2.24) is 9.55 Å². The van der Waals surface area contributed by atoms with Crippen molar-refractivity contribution < 1.29 is 9.53 Å². The first-order valence-electron chi connectivity index (χ1n) is 9.03. The molecule has 0 saturated heterocycles. The smallest absolute Gasteiger partial charge is 0.262 e. The second kappa shape index (κ2) is 8.48. The third kappa shape index (κ3) is 4.20. The lowest BCUT2D eigenvalue weighted by Gasteiger charge is -2.18. The van der Waals surface area contributed by atoms with Gasteiger partial charge in [0, 0.05) is 17.8 Å². The Morgan fingerprint density at radius 1 is 1.14 bits per heavy atom. The van der Waals surface area contributed by atoms with E-state index in [2.05, 4.69) is 10.3 Å². The molecule has 0 fully saturated rings. The lowest BCUT2D eigenvalue weighted by atomic mass is 10.2. The summed E-state index contributed by atoms with van der Waals surface area (Å²) in [5.74, 6) is 0.499. The van der Waals surface area contributed by atoms with Crippen LogP contribution in [0.4, 0.5) is 5.69 Å². The van der Waals surface area contributed by atoms with Gasteiger partial charge in [-0.1, -0.05) is 30.0 Å². The molecule has 3 rings (SSSR count). The monoisotopic (exact) mass is 397 g/mol. The summed E-state index contributed by atoms with van der Waals surface area (Å²) in [6.07, 6.45) is 0. The molecule has 1 heterocycles. The van der Waals surface area contributed by atoms with Gasteiger partial charge in [0.15, 0.2) is 5.16 Å². The van der Waals surface area contributed by atoms with Crippen LogP contribution in [-0.2, 0) is 4.79 Å². The van der Waals surface area contributed by atoms with E-state index in [1.807, 2.05) is 44.2 Å². The third-order valence-electron chi connectivity index (χ3n) is 4.28. The Morgan fingerprint density at radius 3 is 2.61 bits per heavy atom. The molecule has 0 aliphatic rings. The number of carbonyl (C=O) groups is 1. The predicted octanol–water partition coefficient (Wildman–Crippen LogP) is 4.11. The molecule has 28 heavy (non-hydrogen) atoms. The van der Waals surface area contributed by atoms with Gasteiger partial charge in [-0.2, -0.15) is 0 Å². The first-order chi connectivity index (χ1) is 13.4. The fourth-order valence-corrected chi connectivity index (χ4v) is 3.86. The Morgan fingerprint density at radius 2 is 1.89 bits per heavy atom. The fourth-order valence-electron chi connectivity index (χ4n) is 2.82. The number of hydrogen-bond acceptors (Lipinski definition) is 5. The molecule has 3 aromatic rings. The van der Waals surface area contributed by atoms with Crippen molar-refractivity contribution in [2.24, 2.45) is 0 Å². The number of ether oxygens (including phenoxy) is 1. The number of methoxy groups -OCH3 is 1. The fraction of sp³-hybridized carbons (Fsp3) is 0.286. The van der Waals surface area contributed by atoms with Crippen LogP contribution in [0.2, 0.25) is 0 Å². The number of nitrogens with one attached hydrogen (secondary N) is 1. The summed E-state index contributed by atoms with van der Waals surface area (Å²) >= 11 is 1.27. The number of aromatic nitrogens is 2. The molecule has 7 heteroatoms. The highest BCUT2D eigenvalue weighted by Gasteiger charge is 2.20. The maximum Gasteiger partial charge on any atom is 0.262 e. The van der Waals surface area contributed by atoms with Crippen molar-refractivity contribution >= 4 is 34.3 Å². The molecule has 0 radical (unpaired) electrons. The van der Waals surface area contributed by atoms with Gasteiger partial charge in [-0.05, 0) is 45.0 Å². The number of para-hydroxylation sites is 1. The number of anilines is 1. The topological polar surface area (TPSA) is 73.2 Å². The zero-order valence-electron chi connectivity index (χ0n) is 16.3. The second-order valence-electron chi connectivity index (χ2n) is 6.66. The summed E-state index contributed by atoms with van der Waals surface area (Å²) < 4.78 is 6.83. The number of amides is 1. The standard InChI is InChI=1S/C21H23N3O3S/c1-13(2)24-20(26)17-10-5-6-11-18(17)23-21(24)28-14(3)19(25)22-15-8-7-9-16(12-15)27-4/h5-14H,1-4H3,(H,22,25)/t14-/m1/s1. The molecule has 0 aliphatic carbocycles. The molecule has 0 spiro atoms. The number of carbonyl (C=O) groups excluding carboxylic acids is 1. The molecule has 1 aromatic heterocycles. The van der Waals surface area contributed by atoms with E-state index in [-0.39, 0.29) is 17.5 Å². The van der Waals surface area contributed by atoms with Crippen LogP contribution >= 0.6 is 11.8 Å². The highest BCUT2D eigenvalue weighted by Crippen LogP contribution is 2.26. The average molecular weight is 398 g/mol. The van der Waals surface area contributed by atoms with Crippen LogP contribution in [-0.4, -0.2) is 27.8 Å². The highest BCUT2D eigenvalue weighted by atomic mass is 32.2. The molecular formula is C21H23N3O3S. The Kier molecular flexibility index (Phi) is 6.04. The van der Waals surface area contributed by atoms with Crippen LogP contribution in [0.5, 0.6) is 5.75 Å². The zero-order chi connectivity index (χ0) is 20.3. The summed E-state index contributed by atoms with van der Waals surface area (Å²) in [6.45, 7) is 5.66. The van der Waals surface area contributed by atoms with Crippen LogP contribution in [0.1, 0.15) is 26.8 Å². The quantitative estimate of drug-likeness (QED) is 0.501. The SMILES string of the molecule is COc1cccc(NC(=O)[C@@H](C)Sc2nc3ccccc3c(=O)n2C(C)C)c1. The first-order valence-corrected chi connectivity index (χ1v) is 9.91. The van der Waals surface area contributed by atoms with Crippen LogP contribution < -0.4 is 15.6 Å². The van der Waals surface area contributed by atoms with E-state index in [0.29, 0.717) is 27.5 Å². The van der Waals surface area contributed by atoms with Gasteiger partial charge in [-0.3, -0.25) is 14.2 Å². The molecule has 0 aliphatic heterocycles. The van der Waals surface area contributed by atoms with E-state index in [1.54, 1.807) is 36.8 Å². The molecule has 146 valence electrons. The van der Waals surface area contributed by atoms with Gasteiger partial charge in [0.1, 0.15) is 5.75 Å². The lowest BCUT2D eigenvalue weighted by Crippen LogP contribution is -2.28. The van der Waals surface area contributed by atoms with Crippen LogP contribution in [0.25, 0.3) is 10.9 Å². The van der Waals surface area contributed by atoms with E-state index in [1.165, 1.54) is 11.8 Å². The Bertz CT molecular complexity index is 1060. The molecule has 1 N–H and O–H groups in total. The number of benzene rings is 2. The van der Waals surface area contributed by atoms with Crippen molar-refractivity contribution in [1.29, 1.82) is 0 Å². The van der Waals surface area contributed by atoms with E-state index >= 15 is 0 Å². The number of rotatable bonds is 6. The third-order valence-corrected chi connectivity index (χ3v) is 5.35. The van der Waals surface area contributed by atoms with E-state index in [0.717, 1.165) is 0 Å². The van der Waals surface area contributed by atoms with Crippen molar-refractivity contribution in [3.05, 3.63) is 58.9 Å². The molecule has 2 aromatic carbocycles. The van der Waals surface area contributed by atoms with Crippen molar-refractivity contribution in [3.8, 4) is 5.75 Å².